The third-order valence-electron chi connectivity index (χ3n) is 1.93. The van der Waals surface area contributed by atoms with Gasteiger partial charge < -0.3 is 5.11 Å². The van der Waals surface area contributed by atoms with Gasteiger partial charge in [-0.25, -0.2) is 4.79 Å². The molecule has 19 heavy (non-hydrogen) atoms. The molecular formula is C10H5N5O4. The average molecular weight is 259 g/mol. The number of nitro benzene ring substituents is 1. The zero-order valence-electron chi connectivity index (χ0n) is 9.19. The monoisotopic (exact) mass is 259 g/mol. The van der Waals surface area contributed by atoms with Gasteiger partial charge in [-0.2, -0.15) is 15.6 Å². The lowest BCUT2D eigenvalue weighted by atomic mass is 10.1. The topological polar surface area (TPSA) is 152 Å². The maximum Gasteiger partial charge on any atom is 0.342 e. The Kier molecular flexibility index (Phi) is 4.11. The predicted octanol–water partition coefficient (Wildman–Crippen LogP) is 1.11. The van der Waals surface area contributed by atoms with Crippen LogP contribution in [0.15, 0.2) is 23.3 Å². The van der Waals surface area contributed by atoms with Crippen LogP contribution in [0.4, 0.5) is 11.4 Å². The van der Waals surface area contributed by atoms with Crippen LogP contribution < -0.4 is 5.43 Å². The molecule has 1 rings (SSSR count). The third kappa shape index (κ3) is 3.25. The van der Waals surface area contributed by atoms with Crippen molar-refractivity contribution < 1.29 is 14.8 Å². The number of anilines is 1. The van der Waals surface area contributed by atoms with Crippen LogP contribution in [0, 0.1) is 32.8 Å². The van der Waals surface area contributed by atoms with Crippen LogP contribution >= 0.6 is 0 Å². The number of hydrogen-bond acceptors (Lipinski definition) is 7. The number of hydrazone groups is 1. The molecule has 1 aromatic rings. The molecular weight excluding hydrogens is 254 g/mol. The number of carbonyl (C=O) groups is 1. The Bertz CT molecular complexity index is 637. The molecule has 9 heteroatoms. The number of hydrogen-bond donors (Lipinski definition) is 2. The van der Waals surface area contributed by atoms with Crippen molar-refractivity contribution in [1.29, 1.82) is 10.5 Å². The van der Waals surface area contributed by atoms with E-state index in [1.54, 1.807) is 0 Å². The van der Waals surface area contributed by atoms with Crippen molar-refractivity contribution in [2.24, 2.45) is 5.10 Å². The first-order chi connectivity index (χ1) is 8.99. The summed E-state index contributed by atoms with van der Waals surface area (Å²) in [5.74, 6) is -1.47. The van der Waals surface area contributed by atoms with E-state index in [4.69, 9.17) is 15.6 Å². The number of nitrogens with zero attached hydrogens (tertiary/aromatic N) is 4. The highest BCUT2D eigenvalue weighted by molar-refractivity contribution is 6.10. The normalized spacial score (nSPS) is 8.74. The molecule has 0 aliphatic rings. The molecule has 0 amide bonds. The van der Waals surface area contributed by atoms with Crippen molar-refractivity contribution in [3.63, 3.8) is 0 Å². The lowest BCUT2D eigenvalue weighted by Crippen LogP contribution is -2.04. The van der Waals surface area contributed by atoms with E-state index >= 15 is 0 Å². The number of aromatic carboxylic acids is 1. The Hall–Kier alpha value is -3.46. The highest BCUT2D eigenvalue weighted by atomic mass is 16.6. The summed E-state index contributed by atoms with van der Waals surface area (Å²) in [5, 5.41) is 39.7. The second-order valence-electron chi connectivity index (χ2n) is 3.09. The Balaban J connectivity index is 3.15. The van der Waals surface area contributed by atoms with E-state index in [2.05, 4.69) is 10.5 Å². The van der Waals surface area contributed by atoms with E-state index < -0.39 is 27.9 Å². The first kappa shape index (κ1) is 13.6. The van der Waals surface area contributed by atoms with Crippen molar-refractivity contribution in [2.75, 3.05) is 5.43 Å². The van der Waals surface area contributed by atoms with Crippen LogP contribution in [0.5, 0.6) is 0 Å². The summed E-state index contributed by atoms with van der Waals surface area (Å²) in [4.78, 5) is 20.6. The number of benzene rings is 1. The maximum atomic E-state index is 10.9. The van der Waals surface area contributed by atoms with Gasteiger partial charge in [-0.3, -0.25) is 15.5 Å². The second kappa shape index (κ2) is 5.75. The van der Waals surface area contributed by atoms with Crippen LogP contribution in [0.25, 0.3) is 0 Å². The lowest BCUT2D eigenvalue weighted by Gasteiger charge is -2.02. The zero-order chi connectivity index (χ0) is 14.4. The van der Waals surface area contributed by atoms with Crippen molar-refractivity contribution in [2.45, 2.75) is 0 Å². The van der Waals surface area contributed by atoms with Crippen LogP contribution in [-0.4, -0.2) is 21.7 Å². The molecule has 0 heterocycles. The summed E-state index contributed by atoms with van der Waals surface area (Å²) in [6, 6.07) is 6.16. The molecule has 0 aliphatic heterocycles. The third-order valence-corrected chi connectivity index (χ3v) is 1.93. The molecule has 1 aromatic carbocycles. The summed E-state index contributed by atoms with van der Waals surface area (Å²) in [6.07, 6.45) is 0. The van der Waals surface area contributed by atoms with Crippen LogP contribution in [0.1, 0.15) is 10.4 Å². The minimum absolute atomic E-state index is 0.103. The van der Waals surface area contributed by atoms with E-state index in [0.29, 0.717) is 0 Å². The highest BCUT2D eigenvalue weighted by Crippen LogP contribution is 2.22. The van der Waals surface area contributed by atoms with Crippen molar-refractivity contribution in [3.05, 3.63) is 33.9 Å². The van der Waals surface area contributed by atoms with Gasteiger partial charge >= 0.3 is 5.97 Å². The smallest absolute Gasteiger partial charge is 0.342 e. The van der Waals surface area contributed by atoms with E-state index in [9.17, 15) is 14.9 Å². The molecule has 0 atom stereocenters. The Morgan fingerprint density at radius 2 is 2.05 bits per heavy atom. The van der Waals surface area contributed by atoms with Gasteiger partial charge in [0.15, 0.2) is 0 Å². The van der Waals surface area contributed by atoms with Crippen molar-refractivity contribution in [1.82, 2.24) is 0 Å². The summed E-state index contributed by atoms with van der Waals surface area (Å²) in [5.41, 5.74) is 0.811. The molecule has 2 N–H and O–H groups in total. The van der Waals surface area contributed by atoms with Crippen molar-refractivity contribution >= 4 is 23.1 Å². The SMILES string of the molecule is N#CC(C#N)=NNc1ccc([N+](=O)[O-])c(C(=O)O)c1. The number of nitrogens with one attached hydrogen (secondary N) is 1. The van der Waals surface area contributed by atoms with Crippen LogP contribution in [-0.2, 0) is 0 Å². The van der Waals surface area contributed by atoms with Gasteiger partial charge in [0.2, 0.25) is 5.71 Å². The molecule has 0 bridgehead atoms. The molecule has 94 valence electrons. The molecule has 0 aliphatic carbocycles. The van der Waals surface area contributed by atoms with Crippen molar-refractivity contribution in [3.8, 4) is 12.1 Å². The number of carboxylic acid groups (broad SMARTS) is 1. The van der Waals surface area contributed by atoms with Gasteiger partial charge in [0.25, 0.3) is 5.69 Å². The fourth-order valence-corrected chi connectivity index (χ4v) is 1.13. The quantitative estimate of drug-likeness (QED) is 0.466. The number of rotatable bonds is 4. The van der Waals surface area contributed by atoms with E-state index in [0.717, 1.165) is 12.1 Å². The Morgan fingerprint density at radius 3 is 2.53 bits per heavy atom. The predicted molar refractivity (Wildman–Crippen MR) is 62.3 cm³/mol. The van der Waals surface area contributed by atoms with Gasteiger partial charge in [0, 0.05) is 6.07 Å². The summed E-state index contributed by atoms with van der Waals surface area (Å²) in [6.45, 7) is 0. The average Bonchev–Trinajstić information content (AvgIpc) is 2.39. The Morgan fingerprint density at radius 1 is 1.42 bits per heavy atom. The summed E-state index contributed by atoms with van der Waals surface area (Å²) >= 11 is 0. The number of nitriles is 2. The minimum atomic E-state index is -1.47. The summed E-state index contributed by atoms with van der Waals surface area (Å²) in [7, 11) is 0. The summed E-state index contributed by atoms with van der Waals surface area (Å²) < 4.78 is 0. The fourth-order valence-electron chi connectivity index (χ4n) is 1.13. The number of carboxylic acids is 1. The minimum Gasteiger partial charge on any atom is -0.477 e. The molecule has 0 aromatic heterocycles. The van der Waals surface area contributed by atoms with Gasteiger partial charge in [-0.05, 0) is 12.1 Å². The molecule has 0 saturated heterocycles. The lowest BCUT2D eigenvalue weighted by molar-refractivity contribution is -0.385. The zero-order valence-corrected chi connectivity index (χ0v) is 9.19. The molecule has 0 spiro atoms. The first-order valence-corrected chi connectivity index (χ1v) is 4.65. The molecule has 0 radical (unpaired) electrons. The highest BCUT2D eigenvalue weighted by Gasteiger charge is 2.19. The molecule has 0 unspecified atom stereocenters. The number of nitro groups is 1. The van der Waals surface area contributed by atoms with E-state index in [1.165, 1.54) is 18.2 Å². The molecule has 0 saturated carbocycles. The van der Waals surface area contributed by atoms with E-state index in [1.807, 2.05) is 0 Å². The standard InChI is InChI=1S/C10H5N5O4/c11-4-7(5-12)14-13-6-1-2-9(15(18)19)8(3-6)10(16)17/h1-3,13H,(H,16,17). The van der Waals surface area contributed by atoms with Gasteiger partial charge in [0.1, 0.15) is 17.7 Å². The first-order valence-electron chi connectivity index (χ1n) is 4.65. The fraction of sp³-hybridized carbons (Fsp3) is 0. The van der Waals surface area contributed by atoms with E-state index in [-0.39, 0.29) is 5.69 Å². The largest absolute Gasteiger partial charge is 0.477 e. The maximum absolute atomic E-state index is 10.9. The second-order valence-corrected chi connectivity index (χ2v) is 3.09. The molecule has 9 nitrogen and oxygen atoms in total. The van der Waals surface area contributed by atoms with Gasteiger partial charge in [-0.15, -0.1) is 0 Å². The molecule has 0 fully saturated rings. The van der Waals surface area contributed by atoms with Crippen LogP contribution in [0.3, 0.4) is 0 Å². The Labute approximate surface area is 106 Å². The van der Waals surface area contributed by atoms with Gasteiger partial charge in [0.05, 0.1) is 10.6 Å². The van der Waals surface area contributed by atoms with Gasteiger partial charge in [-0.1, -0.05) is 0 Å². The van der Waals surface area contributed by atoms with Crippen LogP contribution in [0.2, 0.25) is 0 Å².